The Hall–Kier alpha value is -3.91. The number of nitrogens with two attached hydrogens (primary N) is 1. The molecule has 0 fully saturated rings. The molecule has 1 aromatic heterocycles. The van der Waals surface area contributed by atoms with Crippen LogP contribution >= 0.6 is 0 Å². The van der Waals surface area contributed by atoms with E-state index in [2.05, 4.69) is 11.1 Å². The van der Waals surface area contributed by atoms with Crippen molar-refractivity contribution in [2.24, 2.45) is 0 Å². The lowest BCUT2D eigenvalue weighted by molar-refractivity contribution is 0.690. The van der Waals surface area contributed by atoms with Gasteiger partial charge in [-0.25, -0.2) is 9.36 Å². The molecule has 1 heterocycles. The van der Waals surface area contributed by atoms with E-state index in [1.807, 2.05) is 60.7 Å². The number of hydrogen-bond donors (Lipinski definition) is 1. The first-order valence-corrected chi connectivity index (χ1v) is 10.1. The van der Waals surface area contributed by atoms with E-state index in [-0.39, 0.29) is 0 Å². The summed E-state index contributed by atoms with van der Waals surface area (Å²) in [5, 5.41) is 10.8. The van der Waals surface area contributed by atoms with Crippen molar-refractivity contribution in [2.45, 2.75) is 25.7 Å². The molecule has 146 valence electrons. The van der Waals surface area contributed by atoms with Crippen molar-refractivity contribution in [3.63, 3.8) is 0 Å². The Morgan fingerprint density at radius 2 is 1.57 bits per heavy atom. The minimum absolute atomic E-state index is 0.352. The minimum atomic E-state index is -0.475. The molecule has 0 bridgehead atoms. The molecule has 2 N–H and O–H groups in total. The summed E-state index contributed by atoms with van der Waals surface area (Å²) in [6.45, 7) is 0. The highest BCUT2D eigenvalue weighted by molar-refractivity contribution is 6.01. The van der Waals surface area contributed by atoms with Crippen molar-refractivity contribution in [3.05, 3.63) is 87.8 Å². The number of nitrogen functional groups attached to an aromatic ring is 1. The summed E-state index contributed by atoms with van der Waals surface area (Å²) in [4.78, 5) is 17.4. The van der Waals surface area contributed by atoms with Crippen LogP contribution in [0.25, 0.3) is 27.7 Å². The average Bonchev–Trinajstić information content (AvgIpc) is 2.79. The first-order valence-electron chi connectivity index (χ1n) is 10.1. The van der Waals surface area contributed by atoms with E-state index in [4.69, 9.17) is 5.73 Å². The Bertz CT molecular complexity index is 1370. The van der Waals surface area contributed by atoms with Crippen molar-refractivity contribution < 1.29 is 0 Å². The van der Waals surface area contributed by atoms with Crippen LogP contribution in [0.4, 0.5) is 5.82 Å². The summed E-state index contributed by atoms with van der Waals surface area (Å²) in [6, 6.07) is 21.5. The van der Waals surface area contributed by atoms with E-state index < -0.39 is 5.69 Å². The van der Waals surface area contributed by atoms with Gasteiger partial charge in [0.05, 0.1) is 16.8 Å². The number of aromatic nitrogens is 2. The van der Waals surface area contributed by atoms with Gasteiger partial charge in [0.25, 0.3) is 0 Å². The molecule has 3 aromatic carbocycles. The van der Waals surface area contributed by atoms with Crippen molar-refractivity contribution >= 4 is 16.7 Å². The number of fused-ring (bicyclic) bond motifs is 3. The summed E-state index contributed by atoms with van der Waals surface area (Å²) >= 11 is 0. The molecule has 0 spiro atoms. The van der Waals surface area contributed by atoms with E-state index >= 15 is 0 Å². The number of rotatable bonds is 2. The van der Waals surface area contributed by atoms with Crippen LogP contribution in [0, 0.1) is 11.3 Å². The lowest BCUT2D eigenvalue weighted by Crippen LogP contribution is -2.25. The molecule has 1 aliphatic carbocycles. The molecule has 4 aromatic rings. The molecule has 0 aliphatic heterocycles. The van der Waals surface area contributed by atoms with Crippen LogP contribution in [0.15, 0.2) is 65.5 Å². The van der Waals surface area contributed by atoms with Gasteiger partial charge in [0, 0.05) is 10.9 Å². The molecular formula is C25H20N4O. The summed E-state index contributed by atoms with van der Waals surface area (Å²) in [5.41, 5.74) is 11.8. The molecule has 30 heavy (non-hydrogen) atoms. The largest absolute Gasteiger partial charge is 0.384 e. The monoisotopic (exact) mass is 392 g/mol. The zero-order chi connectivity index (χ0) is 20.7. The van der Waals surface area contributed by atoms with Crippen LogP contribution in [-0.4, -0.2) is 9.55 Å². The smallest absolute Gasteiger partial charge is 0.354 e. The van der Waals surface area contributed by atoms with Gasteiger partial charge >= 0.3 is 5.69 Å². The zero-order valence-electron chi connectivity index (χ0n) is 16.4. The van der Waals surface area contributed by atoms with Gasteiger partial charge in [-0.15, -0.1) is 0 Å². The Balaban J connectivity index is 1.96. The Kier molecular flexibility index (Phi) is 4.33. The van der Waals surface area contributed by atoms with Crippen LogP contribution in [-0.2, 0) is 12.8 Å². The maximum absolute atomic E-state index is 13.0. The third kappa shape index (κ3) is 2.69. The first kappa shape index (κ1) is 18.1. The quantitative estimate of drug-likeness (QED) is 0.548. The van der Waals surface area contributed by atoms with Crippen molar-refractivity contribution in [1.82, 2.24) is 9.55 Å². The Morgan fingerprint density at radius 1 is 0.933 bits per heavy atom. The van der Waals surface area contributed by atoms with Crippen LogP contribution in [0.5, 0.6) is 0 Å². The average molecular weight is 392 g/mol. The normalized spacial score (nSPS) is 13.0. The van der Waals surface area contributed by atoms with Gasteiger partial charge in [-0.3, -0.25) is 0 Å². The molecular weight excluding hydrogens is 372 g/mol. The zero-order valence-corrected chi connectivity index (χ0v) is 16.4. The van der Waals surface area contributed by atoms with Gasteiger partial charge in [-0.2, -0.15) is 10.2 Å². The fraction of sp³-hybridized carbons (Fsp3) is 0.160. The Morgan fingerprint density at radius 3 is 2.23 bits per heavy atom. The van der Waals surface area contributed by atoms with E-state index in [1.165, 1.54) is 4.57 Å². The fourth-order valence-corrected chi connectivity index (χ4v) is 4.60. The van der Waals surface area contributed by atoms with Crippen molar-refractivity contribution in [3.8, 4) is 22.9 Å². The van der Waals surface area contributed by atoms with E-state index in [1.54, 1.807) is 0 Å². The van der Waals surface area contributed by atoms with E-state index in [9.17, 15) is 10.1 Å². The number of aryl methyl sites for hydroxylation is 1. The highest BCUT2D eigenvalue weighted by Crippen LogP contribution is 2.41. The number of nitrogens with zero attached hydrogens (tertiary/aromatic N) is 3. The van der Waals surface area contributed by atoms with E-state index in [0.717, 1.165) is 53.3 Å². The third-order valence-corrected chi connectivity index (χ3v) is 5.88. The van der Waals surface area contributed by atoms with Crippen LogP contribution < -0.4 is 11.4 Å². The number of benzene rings is 3. The van der Waals surface area contributed by atoms with Crippen LogP contribution in [0.2, 0.25) is 0 Å². The lowest BCUT2D eigenvalue weighted by Gasteiger charge is -2.25. The Labute approximate surface area is 174 Å². The predicted molar refractivity (Wildman–Crippen MR) is 119 cm³/mol. The highest BCUT2D eigenvalue weighted by Gasteiger charge is 2.26. The highest BCUT2D eigenvalue weighted by atomic mass is 16.1. The first-order chi connectivity index (χ1) is 14.7. The fourth-order valence-electron chi connectivity index (χ4n) is 4.60. The van der Waals surface area contributed by atoms with Gasteiger partial charge < -0.3 is 5.73 Å². The van der Waals surface area contributed by atoms with Crippen molar-refractivity contribution in [2.75, 3.05) is 5.73 Å². The summed E-state index contributed by atoms with van der Waals surface area (Å²) in [5.74, 6) is 0.352. The topological polar surface area (TPSA) is 84.7 Å². The molecule has 5 nitrogen and oxygen atoms in total. The molecule has 5 heteroatoms. The number of para-hydroxylation sites is 1. The van der Waals surface area contributed by atoms with Gasteiger partial charge in [0.1, 0.15) is 11.9 Å². The molecule has 0 unspecified atom stereocenters. The van der Waals surface area contributed by atoms with Gasteiger partial charge in [0.2, 0.25) is 0 Å². The maximum atomic E-state index is 13.0. The van der Waals surface area contributed by atoms with Gasteiger partial charge in [-0.1, -0.05) is 48.5 Å². The maximum Gasteiger partial charge on any atom is 0.354 e. The second-order valence-corrected chi connectivity index (χ2v) is 7.57. The third-order valence-electron chi connectivity index (χ3n) is 5.88. The SMILES string of the molecule is N#Cc1c(-c2ccccc2)c2c(c3c(N)n(-c4ccccc4)c(=O)nc13)CCCC2. The molecule has 0 saturated carbocycles. The van der Waals surface area contributed by atoms with Crippen LogP contribution in [0.1, 0.15) is 29.5 Å². The molecule has 5 rings (SSSR count). The van der Waals surface area contributed by atoms with Gasteiger partial charge in [-0.05, 0) is 54.5 Å². The molecule has 0 saturated heterocycles. The number of hydrogen-bond acceptors (Lipinski definition) is 4. The number of nitriles is 1. The minimum Gasteiger partial charge on any atom is -0.384 e. The summed E-state index contributed by atoms with van der Waals surface area (Å²) in [6.07, 6.45) is 3.85. The van der Waals surface area contributed by atoms with E-state index in [0.29, 0.717) is 22.6 Å². The molecule has 0 amide bonds. The predicted octanol–water partition coefficient (Wildman–Crippen LogP) is 4.39. The molecule has 0 radical (unpaired) electrons. The van der Waals surface area contributed by atoms with Crippen LogP contribution in [0.3, 0.4) is 0 Å². The summed E-state index contributed by atoms with van der Waals surface area (Å²) < 4.78 is 1.45. The second-order valence-electron chi connectivity index (χ2n) is 7.57. The number of anilines is 1. The second kappa shape index (κ2) is 7.16. The lowest BCUT2D eigenvalue weighted by atomic mass is 9.81. The van der Waals surface area contributed by atoms with Gasteiger partial charge in [0.15, 0.2) is 0 Å². The van der Waals surface area contributed by atoms with Crippen molar-refractivity contribution in [1.29, 1.82) is 5.26 Å². The molecule has 1 aliphatic rings. The molecule has 0 atom stereocenters. The summed E-state index contributed by atoms with van der Waals surface area (Å²) in [7, 11) is 0. The standard InChI is InChI=1S/C25H20N4O/c26-15-20-21(16-9-3-1-4-10-16)18-13-7-8-14-19(18)22-23(20)28-25(30)29(24(22)27)17-11-5-2-6-12-17/h1-6,9-12H,7-8,13-14,27H2.